The number of hydrogen-bond donors (Lipinski definition) is 0. The normalized spacial score (nSPS) is 13.9. The van der Waals surface area contributed by atoms with Crippen LogP contribution in [0, 0.1) is 5.92 Å². The van der Waals surface area contributed by atoms with Gasteiger partial charge in [0.2, 0.25) is 5.95 Å². The van der Waals surface area contributed by atoms with Crippen LogP contribution >= 0.6 is 0 Å². The second-order valence-electron chi connectivity index (χ2n) is 14.5. The Balaban J connectivity index is 1.23. The van der Waals surface area contributed by atoms with Crippen molar-refractivity contribution in [2.45, 2.75) is 13.3 Å². The Morgan fingerprint density at radius 3 is 2.00 bits per heavy atom. The summed E-state index contributed by atoms with van der Waals surface area (Å²) >= 11 is 0. The predicted octanol–water partition coefficient (Wildman–Crippen LogP) is 12.3. The Labute approximate surface area is 318 Å². The Bertz CT molecular complexity index is 3130. The van der Waals surface area contributed by atoms with E-state index in [-0.39, 0.29) is 0 Å². The molecular weight excluding hydrogens is 671 g/mol. The molecule has 0 amide bonds. The Morgan fingerprint density at radius 1 is 0.509 bits per heavy atom. The van der Waals surface area contributed by atoms with Crippen molar-refractivity contribution in [3.63, 3.8) is 0 Å². The van der Waals surface area contributed by atoms with Gasteiger partial charge < -0.3 is 4.57 Å². The second-order valence-corrected chi connectivity index (χ2v) is 14.5. The topological polar surface area (TPSA) is 48.5 Å². The standard InChI is InChI=1S/C50H35N5/c1-32-26-29-45-43(30-32)42-28-27-41-40-23-10-11-25-44(40)54(37-20-6-3-7-21-37)46(41)47(42)55(45)50-52-48(34-15-4-2-5-16-34)51-49(53-50)36-19-12-18-35(31-36)39-24-13-17-33-14-8-9-22-38(33)39/h2-29,31-32H,30H2,1H3. The van der Waals surface area contributed by atoms with Crippen LogP contribution in [-0.2, 0) is 6.42 Å². The highest BCUT2D eigenvalue weighted by Crippen LogP contribution is 2.43. The van der Waals surface area contributed by atoms with Gasteiger partial charge in [0.25, 0.3) is 0 Å². The average Bonchev–Trinajstić information content (AvgIpc) is 3.76. The lowest BCUT2D eigenvalue weighted by molar-refractivity contribution is 0.716. The van der Waals surface area contributed by atoms with Gasteiger partial charge in [0.1, 0.15) is 0 Å². The second kappa shape index (κ2) is 12.5. The van der Waals surface area contributed by atoms with Crippen molar-refractivity contribution in [3.8, 4) is 45.5 Å². The molecule has 0 N–H and O–H groups in total. The Morgan fingerprint density at radius 2 is 1.15 bits per heavy atom. The third-order valence-corrected chi connectivity index (χ3v) is 11.1. The lowest BCUT2D eigenvalue weighted by Crippen LogP contribution is -2.10. The van der Waals surface area contributed by atoms with E-state index in [2.05, 4.69) is 174 Å². The molecule has 1 aliphatic carbocycles. The van der Waals surface area contributed by atoms with Crippen LogP contribution in [0.3, 0.4) is 0 Å². The van der Waals surface area contributed by atoms with E-state index in [4.69, 9.17) is 15.0 Å². The van der Waals surface area contributed by atoms with Gasteiger partial charge in [0, 0.05) is 33.0 Å². The molecule has 1 aliphatic rings. The molecule has 1 unspecified atom stereocenters. The molecule has 0 aliphatic heterocycles. The van der Waals surface area contributed by atoms with Crippen LogP contribution in [0.15, 0.2) is 170 Å². The zero-order chi connectivity index (χ0) is 36.5. The van der Waals surface area contributed by atoms with Crippen LogP contribution < -0.4 is 0 Å². The molecule has 10 aromatic rings. The molecule has 5 nitrogen and oxygen atoms in total. The van der Waals surface area contributed by atoms with E-state index in [1.54, 1.807) is 0 Å². The van der Waals surface area contributed by atoms with Gasteiger partial charge in [-0.2, -0.15) is 9.97 Å². The average molecular weight is 706 g/mol. The van der Waals surface area contributed by atoms with E-state index < -0.39 is 0 Å². The van der Waals surface area contributed by atoms with Gasteiger partial charge in [-0.1, -0.05) is 153 Å². The summed E-state index contributed by atoms with van der Waals surface area (Å²) in [5, 5.41) is 6.06. The first-order chi connectivity index (χ1) is 27.2. The molecule has 11 rings (SSSR count). The number of aromatic nitrogens is 5. The van der Waals surface area contributed by atoms with Crippen molar-refractivity contribution in [2.75, 3.05) is 0 Å². The van der Waals surface area contributed by atoms with Crippen LogP contribution in [0.2, 0.25) is 0 Å². The van der Waals surface area contributed by atoms with Crippen LogP contribution in [0.25, 0.3) is 95.1 Å². The number of hydrogen-bond acceptors (Lipinski definition) is 3. The van der Waals surface area contributed by atoms with Gasteiger partial charge in [-0.15, -0.1) is 0 Å². The number of allylic oxidation sites excluding steroid dienone is 1. The van der Waals surface area contributed by atoms with Crippen molar-refractivity contribution in [1.82, 2.24) is 24.1 Å². The van der Waals surface area contributed by atoms with E-state index in [9.17, 15) is 0 Å². The van der Waals surface area contributed by atoms with Crippen molar-refractivity contribution in [3.05, 3.63) is 181 Å². The van der Waals surface area contributed by atoms with Crippen LogP contribution in [0.5, 0.6) is 0 Å². The summed E-state index contributed by atoms with van der Waals surface area (Å²) in [5.74, 6) is 2.27. The van der Waals surface area contributed by atoms with E-state index in [1.165, 1.54) is 38.1 Å². The van der Waals surface area contributed by atoms with Crippen LogP contribution in [0.4, 0.5) is 0 Å². The zero-order valence-corrected chi connectivity index (χ0v) is 30.3. The number of fused-ring (bicyclic) bond motifs is 8. The number of benzene rings is 7. The molecule has 5 heteroatoms. The summed E-state index contributed by atoms with van der Waals surface area (Å²) in [7, 11) is 0. The molecule has 260 valence electrons. The predicted molar refractivity (Wildman–Crippen MR) is 227 cm³/mol. The molecular formula is C50H35N5. The van der Waals surface area contributed by atoms with E-state index >= 15 is 0 Å². The van der Waals surface area contributed by atoms with Gasteiger partial charge in [0.15, 0.2) is 11.6 Å². The molecule has 0 saturated heterocycles. The quantitative estimate of drug-likeness (QED) is 0.179. The Hall–Kier alpha value is -7.11. The van der Waals surface area contributed by atoms with Crippen LogP contribution in [-0.4, -0.2) is 24.1 Å². The molecule has 55 heavy (non-hydrogen) atoms. The molecule has 0 saturated carbocycles. The van der Waals surface area contributed by atoms with E-state index in [0.717, 1.165) is 51.0 Å². The fourth-order valence-corrected chi connectivity index (χ4v) is 8.60. The minimum absolute atomic E-state index is 0.410. The summed E-state index contributed by atoms with van der Waals surface area (Å²) in [5.41, 5.74) is 11.1. The monoisotopic (exact) mass is 705 g/mol. The molecule has 3 heterocycles. The molecule has 3 aromatic heterocycles. The SMILES string of the molecule is CC1C=Cc2c(c3ccc4c5ccccc5n(-c5ccccc5)c4c3n2-c2nc(-c3ccccc3)nc(-c3cccc(-c4cccc5ccccc45)c3)n2)C1. The van der Waals surface area contributed by atoms with Gasteiger partial charge in [0.05, 0.1) is 22.2 Å². The summed E-state index contributed by atoms with van der Waals surface area (Å²) in [6, 6.07) is 57.9. The lowest BCUT2D eigenvalue weighted by atomic mass is 9.93. The maximum Gasteiger partial charge on any atom is 0.238 e. The number of nitrogens with zero attached hydrogens (tertiary/aromatic N) is 5. The molecule has 0 fully saturated rings. The number of para-hydroxylation sites is 2. The molecule has 1 atom stereocenters. The van der Waals surface area contributed by atoms with Crippen molar-refractivity contribution >= 4 is 49.6 Å². The highest BCUT2D eigenvalue weighted by Gasteiger charge is 2.27. The van der Waals surface area contributed by atoms with E-state index in [0.29, 0.717) is 23.5 Å². The van der Waals surface area contributed by atoms with Crippen molar-refractivity contribution in [1.29, 1.82) is 0 Å². The number of rotatable bonds is 5. The maximum absolute atomic E-state index is 5.41. The summed E-state index contributed by atoms with van der Waals surface area (Å²) in [6.45, 7) is 2.29. The fraction of sp³-hybridized carbons (Fsp3) is 0.0600. The molecule has 0 spiro atoms. The minimum atomic E-state index is 0.410. The maximum atomic E-state index is 5.41. The first-order valence-electron chi connectivity index (χ1n) is 18.9. The largest absolute Gasteiger partial charge is 0.307 e. The first kappa shape index (κ1) is 31.4. The lowest BCUT2D eigenvalue weighted by Gasteiger charge is -2.16. The third-order valence-electron chi connectivity index (χ3n) is 11.1. The van der Waals surface area contributed by atoms with Gasteiger partial charge in [-0.3, -0.25) is 4.57 Å². The summed E-state index contributed by atoms with van der Waals surface area (Å²) in [6.07, 6.45) is 5.52. The molecule has 0 bridgehead atoms. The van der Waals surface area contributed by atoms with Crippen molar-refractivity contribution < 1.29 is 0 Å². The van der Waals surface area contributed by atoms with Crippen molar-refractivity contribution in [2.24, 2.45) is 5.92 Å². The minimum Gasteiger partial charge on any atom is -0.307 e. The molecule has 7 aromatic carbocycles. The highest BCUT2D eigenvalue weighted by molar-refractivity contribution is 6.19. The van der Waals surface area contributed by atoms with Gasteiger partial charge in [-0.05, 0) is 70.1 Å². The summed E-state index contributed by atoms with van der Waals surface area (Å²) in [4.78, 5) is 15.9. The first-order valence-corrected chi connectivity index (χ1v) is 18.9. The fourth-order valence-electron chi connectivity index (χ4n) is 8.60. The van der Waals surface area contributed by atoms with Gasteiger partial charge >= 0.3 is 0 Å². The highest BCUT2D eigenvalue weighted by atomic mass is 15.2. The Kier molecular flexibility index (Phi) is 7.14. The van der Waals surface area contributed by atoms with Gasteiger partial charge in [-0.25, -0.2) is 4.98 Å². The smallest absolute Gasteiger partial charge is 0.238 e. The third kappa shape index (κ3) is 5.04. The van der Waals surface area contributed by atoms with Crippen LogP contribution in [0.1, 0.15) is 18.2 Å². The molecule has 0 radical (unpaired) electrons. The zero-order valence-electron chi connectivity index (χ0n) is 30.3. The van der Waals surface area contributed by atoms with E-state index in [1.807, 2.05) is 18.2 Å². The summed E-state index contributed by atoms with van der Waals surface area (Å²) < 4.78 is 4.72.